The van der Waals surface area contributed by atoms with Gasteiger partial charge < -0.3 is 0 Å². The Hall–Kier alpha value is -1.11. The number of para-hydroxylation sites is 1. The van der Waals surface area contributed by atoms with Crippen molar-refractivity contribution in [2.45, 2.75) is 19.4 Å². The fourth-order valence-electron chi connectivity index (χ4n) is 1.38. The second kappa shape index (κ2) is 2.50. The molecule has 0 radical (unpaired) electrons. The minimum absolute atomic E-state index is 0.424. The van der Waals surface area contributed by atoms with E-state index in [1.54, 1.807) is 0 Å². The van der Waals surface area contributed by atoms with Gasteiger partial charge in [-0.2, -0.15) is 0 Å². The highest BCUT2D eigenvalue weighted by molar-refractivity contribution is 5.33. The van der Waals surface area contributed by atoms with Crippen LogP contribution in [0.2, 0.25) is 0 Å². The lowest BCUT2D eigenvalue weighted by Gasteiger charge is -1.94. The SMILES string of the molecule is CCC1C=c2ccccc2=N1. The third-order valence-corrected chi connectivity index (χ3v) is 2.03. The van der Waals surface area contributed by atoms with Gasteiger partial charge in [0.2, 0.25) is 0 Å². The third-order valence-electron chi connectivity index (χ3n) is 2.03. The van der Waals surface area contributed by atoms with Crippen LogP contribution in [0, 0.1) is 0 Å². The second-order valence-electron chi connectivity index (χ2n) is 2.83. The molecule has 0 amide bonds. The number of fused-ring (bicyclic) bond motifs is 1. The monoisotopic (exact) mass is 145 g/mol. The molecule has 0 aromatic heterocycles. The van der Waals surface area contributed by atoms with E-state index in [0.29, 0.717) is 6.04 Å². The van der Waals surface area contributed by atoms with Crippen LogP contribution in [0.15, 0.2) is 29.3 Å². The first-order valence-electron chi connectivity index (χ1n) is 4.05. The average molecular weight is 145 g/mol. The molecule has 1 atom stereocenters. The van der Waals surface area contributed by atoms with Crippen molar-refractivity contribution in [3.63, 3.8) is 0 Å². The van der Waals surface area contributed by atoms with Gasteiger partial charge in [0.15, 0.2) is 0 Å². The van der Waals surface area contributed by atoms with Crippen molar-refractivity contribution in [3.8, 4) is 0 Å². The molecule has 2 rings (SSSR count). The lowest BCUT2D eigenvalue weighted by Crippen LogP contribution is -2.19. The minimum atomic E-state index is 0.424. The van der Waals surface area contributed by atoms with Gasteiger partial charge in [-0.05, 0) is 17.7 Å². The topological polar surface area (TPSA) is 12.4 Å². The highest BCUT2D eigenvalue weighted by Gasteiger charge is 2.03. The summed E-state index contributed by atoms with van der Waals surface area (Å²) in [4.78, 5) is 4.51. The zero-order valence-electron chi connectivity index (χ0n) is 6.62. The maximum Gasteiger partial charge on any atom is 0.0694 e. The number of hydrogen-bond acceptors (Lipinski definition) is 1. The maximum atomic E-state index is 4.51. The van der Waals surface area contributed by atoms with E-state index in [-0.39, 0.29) is 0 Å². The van der Waals surface area contributed by atoms with Crippen LogP contribution in [0.5, 0.6) is 0 Å². The molecular weight excluding hydrogens is 134 g/mol. The quantitative estimate of drug-likeness (QED) is 0.556. The predicted molar refractivity (Wildman–Crippen MR) is 45.8 cm³/mol. The van der Waals surface area contributed by atoms with Gasteiger partial charge in [-0.15, -0.1) is 0 Å². The molecule has 1 unspecified atom stereocenters. The number of benzene rings is 1. The third kappa shape index (κ3) is 1.07. The van der Waals surface area contributed by atoms with Crippen molar-refractivity contribution in [2.24, 2.45) is 4.99 Å². The average Bonchev–Trinajstić information content (AvgIpc) is 2.46. The number of hydrogen-bond donors (Lipinski definition) is 0. The fourth-order valence-corrected chi connectivity index (χ4v) is 1.38. The van der Waals surface area contributed by atoms with E-state index in [4.69, 9.17) is 0 Å². The molecule has 1 aromatic carbocycles. The lowest BCUT2D eigenvalue weighted by atomic mass is 10.2. The molecule has 1 nitrogen and oxygen atoms in total. The summed E-state index contributed by atoms with van der Waals surface area (Å²) in [7, 11) is 0. The van der Waals surface area contributed by atoms with Gasteiger partial charge in [0.25, 0.3) is 0 Å². The van der Waals surface area contributed by atoms with Gasteiger partial charge in [0, 0.05) is 0 Å². The van der Waals surface area contributed by atoms with Crippen LogP contribution in [0.3, 0.4) is 0 Å². The zero-order chi connectivity index (χ0) is 7.68. The van der Waals surface area contributed by atoms with E-state index in [0.717, 1.165) is 11.8 Å². The van der Waals surface area contributed by atoms with E-state index in [1.807, 2.05) is 6.07 Å². The Morgan fingerprint density at radius 3 is 2.91 bits per heavy atom. The summed E-state index contributed by atoms with van der Waals surface area (Å²) in [6.45, 7) is 2.16. The van der Waals surface area contributed by atoms with E-state index in [9.17, 15) is 0 Å². The highest BCUT2D eigenvalue weighted by atomic mass is 14.8. The van der Waals surface area contributed by atoms with Crippen LogP contribution in [-0.2, 0) is 0 Å². The summed E-state index contributed by atoms with van der Waals surface area (Å²) in [6, 6.07) is 8.71. The van der Waals surface area contributed by atoms with Crippen LogP contribution >= 0.6 is 0 Å². The van der Waals surface area contributed by atoms with E-state index in [2.05, 4.69) is 36.2 Å². The zero-order valence-corrected chi connectivity index (χ0v) is 6.62. The van der Waals surface area contributed by atoms with Crippen molar-refractivity contribution in [3.05, 3.63) is 34.8 Å². The van der Waals surface area contributed by atoms with E-state index in [1.165, 1.54) is 5.22 Å². The van der Waals surface area contributed by atoms with Crippen molar-refractivity contribution in [2.75, 3.05) is 0 Å². The summed E-state index contributed by atoms with van der Waals surface area (Å²) >= 11 is 0. The van der Waals surface area contributed by atoms with Crippen molar-refractivity contribution in [1.82, 2.24) is 0 Å². The van der Waals surface area contributed by atoms with E-state index >= 15 is 0 Å². The van der Waals surface area contributed by atoms with Crippen molar-refractivity contribution >= 4 is 6.08 Å². The molecule has 1 aromatic rings. The summed E-state index contributed by atoms with van der Waals surface area (Å²) in [5, 5.41) is 2.44. The molecule has 1 aliphatic heterocycles. The predicted octanol–water partition coefficient (Wildman–Crippen LogP) is 0.879. The fraction of sp³-hybridized carbons (Fsp3) is 0.300. The molecule has 1 aliphatic rings. The van der Waals surface area contributed by atoms with Gasteiger partial charge in [0.05, 0.1) is 11.4 Å². The summed E-state index contributed by atoms with van der Waals surface area (Å²) in [6.07, 6.45) is 3.34. The number of nitrogens with zero attached hydrogens (tertiary/aromatic N) is 1. The van der Waals surface area contributed by atoms with Gasteiger partial charge >= 0.3 is 0 Å². The first-order valence-corrected chi connectivity index (χ1v) is 4.05. The summed E-state index contributed by atoms with van der Waals surface area (Å²) in [5.74, 6) is 0. The smallest absolute Gasteiger partial charge is 0.0694 e. The Morgan fingerprint density at radius 1 is 1.36 bits per heavy atom. The van der Waals surface area contributed by atoms with Crippen LogP contribution in [0.25, 0.3) is 6.08 Å². The molecule has 56 valence electrons. The standard InChI is InChI=1S/C10H11N/c1-2-9-7-8-5-3-4-6-10(8)11-9/h3-7,9H,2H2,1H3. The van der Waals surface area contributed by atoms with E-state index < -0.39 is 0 Å². The van der Waals surface area contributed by atoms with Crippen LogP contribution in [0.1, 0.15) is 13.3 Å². The molecule has 11 heavy (non-hydrogen) atoms. The van der Waals surface area contributed by atoms with Crippen molar-refractivity contribution in [1.29, 1.82) is 0 Å². The first kappa shape index (κ1) is 6.59. The maximum absolute atomic E-state index is 4.51. The molecule has 0 bridgehead atoms. The van der Waals surface area contributed by atoms with Gasteiger partial charge in [0.1, 0.15) is 0 Å². The Bertz CT molecular complexity index is 330. The second-order valence-corrected chi connectivity index (χ2v) is 2.83. The number of rotatable bonds is 1. The summed E-state index contributed by atoms with van der Waals surface area (Å²) < 4.78 is 0. The molecule has 1 heteroatoms. The normalized spacial score (nSPS) is 20.3. The minimum Gasteiger partial charge on any atom is -0.277 e. The Labute approximate surface area is 66.1 Å². The molecule has 0 N–H and O–H groups in total. The summed E-state index contributed by atoms with van der Waals surface area (Å²) in [5.41, 5.74) is 0. The van der Waals surface area contributed by atoms with Crippen molar-refractivity contribution < 1.29 is 0 Å². The Morgan fingerprint density at radius 2 is 2.18 bits per heavy atom. The van der Waals surface area contributed by atoms with Gasteiger partial charge in [-0.25, -0.2) is 0 Å². The molecule has 0 saturated carbocycles. The van der Waals surface area contributed by atoms with Gasteiger partial charge in [-0.3, -0.25) is 4.99 Å². The molecule has 0 aliphatic carbocycles. The van der Waals surface area contributed by atoms with Crippen LogP contribution < -0.4 is 10.6 Å². The largest absolute Gasteiger partial charge is 0.277 e. The highest BCUT2D eigenvalue weighted by Crippen LogP contribution is 1.99. The van der Waals surface area contributed by atoms with Crippen LogP contribution in [-0.4, -0.2) is 6.04 Å². The Balaban J connectivity index is 2.61. The van der Waals surface area contributed by atoms with Gasteiger partial charge in [-0.1, -0.05) is 31.2 Å². The molecule has 0 saturated heterocycles. The molecule has 0 spiro atoms. The van der Waals surface area contributed by atoms with Crippen LogP contribution in [0.4, 0.5) is 0 Å². The molecular formula is C10H11N. The molecule has 0 fully saturated rings. The first-order chi connectivity index (χ1) is 5.40. The lowest BCUT2D eigenvalue weighted by molar-refractivity contribution is 0.810. The molecule has 1 heterocycles. The Kier molecular flexibility index (Phi) is 1.50.